The molecule has 0 unspecified atom stereocenters. The van der Waals surface area contributed by atoms with Crippen LogP contribution in [0.15, 0.2) is 24.3 Å². The van der Waals surface area contributed by atoms with Crippen molar-refractivity contribution in [1.82, 2.24) is 0 Å². The van der Waals surface area contributed by atoms with Crippen molar-refractivity contribution in [2.24, 2.45) is 0 Å². The first kappa shape index (κ1) is 11.2. The van der Waals surface area contributed by atoms with Crippen molar-refractivity contribution in [3.05, 3.63) is 35.4 Å². The van der Waals surface area contributed by atoms with Crippen LogP contribution in [0, 0.1) is 0 Å². The summed E-state index contributed by atoms with van der Waals surface area (Å²) in [5, 5.41) is 8.84. The minimum Gasteiger partial charge on any atom is -0.392 e. The maximum absolute atomic E-state index is 8.84. The van der Waals surface area contributed by atoms with E-state index in [1.165, 1.54) is 12.0 Å². The zero-order valence-corrected chi connectivity index (χ0v) is 8.70. The normalized spacial score (nSPS) is 10.4. The van der Waals surface area contributed by atoms with E-state index in [-0.39, 0.29) is 6.61 Å². The summed E-state index contributed by atoms with van der Waals surface area (Å²) in [4.78, 5) is 0. The highest BCUT2D eigenvalue weighted by molar-refractivity contribution is 5.21. The van der Waals surface area contributed by atoms with Gasteiger partial charge in [0.2, 0.25) is 0 Å². The van der Waals surface area contributed by atoms with Crippen LogP contribution in [0.5, 0.6) is 0 Å². The van der Waals surface area contributed by atoms with Crippen LogP contribution in [0.25, 0.3) is 0 Å². The number of aliphatic hydroxyl groups is 1. The van der Waals surface area contributed by atoms with Crippen molar-refractivity contribution in [3.63, 3.8) is 0 Å². The quantitative estimate of drug-likeness (QED) is 0.705. The highest BCUT2D eigenvalue weighted by Crippen LogP contribution is 2.05. The van der Waals surface area contributed by atoms with Gasteiger partial charge in [-0.2, -0.15) is 0 Å². The van der Waals surface area contributed by atoms with Crippen LogP contribution in [-0.2, 0) is 18.0 Å². The van der Waals surface area contributed by atoms with Gasteiger partial charge in [-0.15, -0.1) is 0 Å². The second-order valence-electron chi connectivity index (χ2n) is 3.38. The van der Waals surface area contributed by atoms with E-state index in [1.807, 2.05) is 24.3 Å². The number of rotatable bonds is 6. The Morgan fingerprint density at radius 2 is 1.79 bits per heavy atom. The first-order chi connectivity index (χ1) is 6.86. The first-order valence-electron chi connectivity index (χ1n) is 5.13. The lowest BCUT2D eigenvalue weighted by Crippen LogP contribution is -1.95. The highest BCUT2D eigenvalue weighted by Gasteiger charge is 1.93. The van der Waals surface area contributed by atoms with Crippen molar-refractivity contribution < 1.29 is 9.84 Å². The molecule has 0 saturated carbocycles. The largest absolute Gasteiger partial charge is 0.392 e. The fourth-order valence-corrected chi connectivity index (χ4v) is 1.18. The predicted octanol–water partition coefficient (Wildman–Crippen LogP) is 2.50. The number of ether oxygens (including phenoxy) is 1. The standard InChI is InChI=1S/C12H18O2/c1-2-3-8-14-10-12-6-4-11(9-13)5-7-12/h4-7,13H,2-3,8-10H2,1H3. The smallest absolute Gasteiger partial charge is 0.0716 e. The molecule has 0 spiro atoms. The average molecular weight is 194 g/mol. The molecular formula is C12H18O2. The molecule has 2 nitrogen and oxygen atoms in total. The Hall–Kier alpha value is -0.860. The molecule has 78 valence electrons. The van der Waals surface area contributed by atoms with Crippen molar-refractivity contribution in [3.8, 4) is 0 Å². The monoisotopic (exact) mass is 194 g/mol. The summed E-state index contributed by atoms with van der Waals surface area (Å²) in [6.07, 6.45) is 2.29. The Kier molecular flexibility index (Phi) is 5.27. The molecule has 1 aromatic rings. The molecule has 0 amide bonds. The molecule has 0 radical (unpaired) electrons. The van der Waals surface area contributed by atoms with Gasteiger partial charge in [0.25, 0.3) is 0 Å². The third-order valence-electron chi connectivity index (χ3n) is 2.12. The maximum Gasteiger partial charge on any atom is 0.0716 e. The van der Waals surface area contributed by atoms with Crippen molar-refractivity contribution in [2.45, 2.75) is 33.0 Å². The van der Waals surface area contributed by atoms with E-state index in [0.717, 1.165) is 18.6 Å². The van der Waals surface area contributed by atoms with Gasteiger partial charge in [-0.3, -0.25) is 0 Å². The van der Waals surface area contributed by atoms with Crippen LogP contribution in [0.3, 0.4) is 0 Å². The van der Waals surface area contributed by atoms with Gasteiger partial charge < -0.3 is 9.84 Å². The molecule has 0 heterocycles. The predicted molar refractivity (Wildman–Crippen MR) is 56.9 cm³/mol. The number of hydrogen-bond donors (Lipinski definition) is 1. The van der Waals surface area contributed by atoms with Gasteiger partial charge in [0.05, 0.1) is 13.2 Å². The zero-order valence-electron chi connectivity index (χ0n) is 8.70. The van der Waals surface area contributed by atoms with Gasteiger partial charge in [-0.1, -0.05) is 37.6 Å². The van der Waals surface area contributed by atoms with E-state index in [1.54, 1.807) is 0 Å². The SMILES string of the molecule is CCCCOCc1ccc(CO)cc1. The Labute approximate surface area is 85.5 Å². The lowest BCUT2D eigenvalue weighted by Gasteiger charge is -2.04. The topological polar surface area (TPSA) is 29.5 Å². The van der Waals surface area contributed by atoms with E-state index in [9.17, 15) is 0 Å². The number of benzene rings is 1. The van der Waals surface area contributed by atoms with Crippen molar-refractivity contribution in [2.75, 3.05) is 6.61 Å². The van der Waals surface area contributed by atoms with Gasteiger partial charge in [0.15, 0.2) is 0 Å². The fraction of sp³-hybridized carbons (Fsp3) is 0.500. The minimum atomic E-state index is 0.108. The second-order valence-corrected chi connectivity index (χ2v) is 3.38. The molecule has 1 N–H and O–H groups in total. The first-order valence-corrected chi connectivity index (χ1v) is 5.13. The molecule has 14 heavy (non-hydrogen) atoms. The van der Waals surface area contributed by atoms with Crippen LogP contribution in [0.1, 0.15) is 30.9 Å². The highest BCUT2D eigenvalue weighted by atomic mass is 16.5. The van der Waals surface area contributed by atoms with E-state index < -0.39 is 0 Å². The van der Waals surface area contributed by atoms with Gasteiger partial charge in [-0.25, -0.2) is 0 Å². The van der Waals surface area contributed by atoms with E-state index in [0.29, 0.717) is 6.61 Å². The van der Waals surface area contributed by atoms with E-state index in [2.05, 4.69) is 6.92 Å². The van der Waals surface area contributed by atoms with E-state index in [4.69, 9.17) is 9.84 Å². The summed E-state index contributed by atoms with van der Waals surface area (Å²) in [7, 11) is 0. The Morgan fingerprint density at radius 1 is 1.14 bits per heavy atom. The third-order valence-corrected chi connectivity index (χ3v) is 2.12. The minimum absolute atomic E-state index is 0.108. The number of hydrogen-bond acceptors (Lipinski definition) is 2. The molecule has 0 atom stereocenters. The summed E-state index contributed by atoms with van der Waals surface area (Å²) in [6.45, 7) is 3.76. The molecule has 0 aliphatic heterocycles. The van der Waals surface area contributed by atoms with Crippen LogP contribution in [0.4, 0.5) is 0 Å². The van der Waals surface area contributed by atoms with Crippen LogP contribution < -0.4 is 0 Å². The van der Waals surface area contributed by atoms with E-state index >= 15 is 0 Å². The molecule has 0 aliphatic rings. The average Bonchev–Trinajstić information content (AvgIpc) is 2.25. The molecule has 0 aliphatic carbocycles. The summed E-state index contributed by atoms with van der Waals surface area (Å²) >= 11 is 0. The summed E-state index contributed by atoms with van der Waals surface area (Å²) in [6, 6.07) is 7.85. The van der Waals surface area contributed by atoms with Crippen LogP contribution >= 0.6 is 0 Å². The molecule has 0 saturated heterocycles. The third kappa shape index (κ3) is 3.90. The Bertz CT molecular complexity index is 241. The Balaban J connectivity index is 2.29. The van der Waals surface area contributed by atoms with Crippen LogP contribution in [0.2, 0.25) is 0 Å². The number of aliphatic hydroxyl groups excluding tert-OH is 1. The Morgan fingerprint density at radius 3 is 2.36 bits per heavy atom. The molecule has 1 rings (SSSR count). The van der Waals surface area contributed by atoms with Gasteiger partial charge in [-0.05, 0) is 17.5 Å². The second kappa shape index (κ2) is 6.57. The molecule has 1 aromatic carbocycles. The van der Waals surface area contributed by atoms with Gasteiger partial charge in [0, 0.05) is 6.61 Å². The molecular weight excluding hydrogens is 176 g/mol. The van der Waals surface area contributed by atoms with Crippen LogP contribution in [-0.4, -0.2) is 11.7 Å². The lowest BCUT2D eigenvalue weighted by atomic mass is 10.1. The molecule has 0 bridgehead atoms. The van der Waals surface area contributed by atoms with Crippen molar-refractivity contribution >= 4 is 0 Å². The maximum atomic E-state index is 8.84. The number of unbranched alkanes of at least 4 members (excludes halogenated alkanes) is 1. The molecule has 2 heteroatoms. The molecule has 0 aromatic heterocycles. The summed E-state index contributed by atoms with van der Waals surface area (Å²) in [5.74, 6) is 0. The lowest BCUT2D eigenvalue weighted by molar-refractivity contribution is 0.118. The fourth-order valence-electron chi connectivity index (χ4n) is 1.18. The van der Waals surface area contributed by atoms with Gasteiger partial charge >= 0.3 is 0 Å². The summed E-state index contributed by atoms with van der Waals surface area (Å²) in [5.41, 5.74) is 2.11. The van der Waals surface area contributed by atoms with Crippen molar-refractivity contribution in [1.29, 1.82) is 0 Å². The van der Waals surface area contributed by atoms with Gasteiger partial charge in [0.1, 0.15) is 0 Å². The zero-order chi connectivity index (χ0) is 10.2. The molecule has 0 fully saturated rings. The summed E-state index contributed by atoms with van der Waals surface area (Å²) < 4.78 is 5.47.